The van der Waals surface area contributed by atoms with Crippen LogP contribution in [0.1, 0.15) is 21.5 Å². The monoisotopic (exact) mass is 367 g/mol. The summed E-state index contributed by atoms with van der Waals surface area (Å²) in [4.78, 5) is 30.8. The van der Waals surface area contributed by atoms with Crippen LogP contribution in [-0.2, 0) is 13.2 Å². The number of amides is 2. The average molecular weight is 367 g/mol. The molecule has 138 valence electrons. The Hall–Kier alpha value is -3.72. The summed E-state index contributed by atoms with van der Waals surface area (Å²) >= 11 is 0. The number of aliphatic hydroxyl groups excluding tert-OH is 1. The molecule has 27 heavy (non-hydrogen) atoms. The number of primary amides is 1. The molecule has 0 saturated heterocycles. The molecular formula is C18H17N5O4. The van der Waals surface area contributed by atoms with Gasteiger partial charge in [0.25, 0.3) is 5.91 Å². The lowest BCUT2D eigenvalue weighted by atomic mass is 10.1. The van der Waals surface area contributed by atoms with Crippen LogP contribution in [0.2, 0.25) is 0 Å². The average Bonchev–Trinajstić information content (AvgIpc) is 2.65. The highest BCUT2D eigenvalue weighted by atomic mass is 16.4. The number of anilines is 2. The number of carbonyl (C=O) groups is 2. The molecule has 2 amide bonds. The first kappa shape index (κ1) is 18.1. The number of hydrogen-bond donors (Lipinski definition) is 5. The lowest BCUT2D eigenvalue weighted by Gasteiger charge is -2.12. The summed E-state index contributed by atoms with van der Waals surface area (Å²) in [6.07, 6.45) is 0.176. The number of carbonyl (C=O) groups excluding carboxylic acids is 1. The molecule has 0 bridgehead atoms. The standard InChI is InChI=1S/C18H17N5O4/c19-16(25)13-5-11(8-24)6-14-15(13)21-9-22-17(14)20-7-10-2-1-3-12(4-10)23-18(26)27/h1-6,9,23-24H,7-8H2,(H2,19,25)(H,26,27)(H,20,21,22). The third kappa shape index (κ3) is 4.10. The summed E-state index contributed by atoms with van der Waals surface area (Å²) in [5, 5.41) is 24.2. The van der Waals surface area contributed by atoms with Gasteiger partial charge in [-0.05, 0) is 35.4 Å². The van der Waals surface area contributed by atoms with E-state index in [0.29, 0.717) is 34.5 Å². The second-order valence-corrected chi connectivity index (χ2v) is 5.77. The molecule has 1 heterocycles. The quantitative estimate of drug-likeness (QED) is 0.446. The third-order valence-corrected chi connectivity index (χ3v) is 3.88. The molecule has 0 saturated carbocycles. The van der Waals surface area contributed by atoms with E-state index in [-0.39, 0.29) is 12.2 Å². The van der Waals surface area contributed by atoms with Gasteiger partial charge < -0.3 is 21.3 Å². The summed E-state index contributed by atoms with van der Waals surface area (Å²) in [5.74, 6) is -0.179. The minimum atomic E-state index is -1.14. The van der Waals surface area contributed by atoms with Crippen molar-refractivity contribution < 1.29 is 19.8 Å². The van der Waals surface area contributed by atoms with Crippen molar-refractivity contribution in [1.82, 2.24) is 9.97 Å². The Kier molecular flexibility index (Phi) is 5.13. The topological polar surface area (TPSA) is 150 Å². The van der Waals surface area contributed by atoms with E-state index in [1.807, 2.05) is 6.07 Å². The SMILES string of the molecule is NC(=O)c1cc(CO)cc2c(NCc3cccc(NC(=O)O)c3)ncnc12. The first-order valence-corrected chi connectivity index (χ1v) is 7.99. The van der Waals surface area contributed by atoms with Crippen molar-refractivity contribution in [2.45, 2.75) is 13.2 Å². The van der Waals surface area contributed by atoms with Gasteiger partial charge >= 0.3 is 6.09 Å². The van der Waals surface area contributed by atoms with Gasteiger partial charge in [0.1, 0.15) is 12.1 Å². The first-order valence-electron chi connectivity index (χ1n) is 7.99. The normalized spacial score (nSPS) is 10.6. The van der Waals surface area contributed by atoms with Crippen LogP contribution in [-0.4, -0.2) is 32.2 Å². The number of nitrogens with two attached hydrogens (primary N) is 1. The van der Waals surface area contributed by atoms with Gasteiger partial charge in [-0.15, -0.1) is 0 Å². The molecule has 9 nitrogen and oxygen atoms in total. The van der Waals surface area contributed by atoms with Crippen LogP contribution in [0.3, 0.4) is 0 Å². The lowest BCUT2D eigenvalue weighted by Crippen LogP contribution is -2.13. The summed E-state index contributed by atoms with van der Waals surface area (Å²) in [6.45, 7) is 0.101. The highest BCUT2D eigenvalue weighted by Gasteiger charge is 2.13. The van der Waals surface area contributed by atoms with E-state index in [4.69, 9.17) is 10.8 Å². The molecule has 3 rings (SSSR count). The van der Waals surface area contributed by atoms with E-state index >= 15 is 0 Å². The van der Waals surface area contributed by atoms with Crippen molar-refractivity contribution in [2.24, 2.45) is 5.73 Å². The Morgan fingerprint density at radius 3 is 2.63 bits per heavy atom. The van der Waals surface area contributed by atoms with Crippen LogP contribution in [0.25, 0.3) is 10.9 Å². The van der Waals surface area contributed by atoms with E-state index in [1.165, 1.54) is 12.4 Å². The van der Waals surface area contributed by atoms with Crippen LogP contribution in [0.5, 0.6) is 0 Å². The molecule has 6 N–H and O–H groups in total. The first-order chi connectivity index (χ1) is 13.0. The minimum Gasteiger partial charge on any atom is -0.465 e. The van der Waals surface area contributed by atoms with Crippen molar-refractivity contribution in [3.63, 3.8) is 0 Å². The number of benzene rings is 2. The maximum Gasteiger partial charge on any atom is 0.409 e. The number of rotatable bonds is 6. The van der Waals surface area contributed by atoms with E-state index in [9.17, 15) is 14.7 Å². The Morgan fingerprint density at radius 2 is 1.93 bits per heavy atom. The fraction of sp³-hybridized carbons (Fsp3) is 0.111. The number of hydrogen-bond acceptors (Lipinski definition) is 6. The molecule has 0 atom stereocenters. The second kappa shape index (κ2) is 7.67. The van der Waals surface area contributed by atoms with E-state index in [1.54, 1.807) is 24.3 Å². The van der Waals surface area contributed by atoms with Gasteiger partial charge in [-0.1, -0.05) is 12.1 Å². The number of carboxylic acid groups (broad SMARTS) is 1. The van der Waals surface area contributed by atoms with Gasteiger partial charge in [0, 0.05) is 17.6 Å². The Bertz CT molecular complexity index is 1020. The largest absolute Gasteiger partial charge is 0.465 e. The van der Waals surface area contributed by atoms with Crippen LogP contribution in [0, 0.1) is 0 Å². The molecule has 0 aliphatic rings. The summed E-state index contributed by atoms with van der Waals surface area (Å²) in [5.41, 5.74) is 7.80. The van der Waals surface area contributed by atoms with Crippen molar-refractivity contribution in [1.29, 1.82) is 0 Å². The van der Waals surface area contributed by atoms with Gasteiger partial charge in [0.05, 0.1) is 17.7 Å². The Balaban J connectivity index is 1.92. The minimum absolute atomic E-state index is 0.203. The van der Waals surface area contributed by atoms with E-state index in [0.717, 1.165) is 5.56 Å². The molecule has 0 aliphatic carbocycles. The number of aromatic nitrogens is 2. The van der Waals surface area contributed by atoms with Crippen LogP contribution in [0.15, 0.2) is 42.7 Å². The number of nitrogens with one attached hydrogen (secondary N) is 2. The van der Waals surface area contributed by atoms with Crippen LogP contribution < -0.4 is 16.4 Å². The van der Waals surface area contributed by atoms with Crippen molar-refractivity contribution in [3.8, 4) is 0 Å². The predicted molar refractivity (Wildman–Crippen MR) is 99.4 cm³/mol. The molecule has 1 aromatic heterocycles. The highest BCUT2D eigenvalue weighted by Crippen LogP contribution is 2.25. The highest BCUT2D eigenvalue weighted by molar-refractivity contribution is 6.07. The molecule has 3 aromatic rings. The fourth-order valence-electron chi connectivity index (χ4n) is 2.72. The maximum atomic E-state index is 11.7. The summed E-state index contributed by atoms with van der Waals surface area (Å²) in [6, 6.07) is 10.1. The Labute approximate surface area is 153 Å². The van der Waals surface area contributed by atoms with Gasteiger partial charge in [-0.25, -0.2) is 14.8 Å². The number of fused-ring (bicyclic) bond motifs is 1. The summed E-state index contributed by atoms with van der Waals surface area (Å²) < 4.78 is 0. The second-order valence-electron chi connectivity index (χ2n) is 5.77. The van der Waals surface area contributed by atoms with Crippen molar-refractivity contribution in [2.75, 3.05) is 10.6 Å². The van der Waals surface area contributed by atoms with Crippen LogP contribution >= 0.6 is 0 Å². The number of nitrogens with zero attached hydrogens (tertiary/aromatic N) is 2. The van der Waals surface area contributed by atoms with Crippen molar-refractivity contribution in [3.05, 3.63) is 59.4 Å². The lowest BCUT2D eigenvalue weighted by molar-refractivity contribution is 0.100. The van der Waals surface area contributed by atoms with Gasteiger partial charge in [-0.2, -0.15) is 0 Å². The molecule has 0 spiro atoms. The molecule has 0 fully saturated rings. The molecule has 9 heteroatoms. The zero-order chi connectivity index (χ0) is 19.4. The molecule has 2 aromatic carbocycles. The Morgan fingerprint density at radius 1 is 1.11 bits per heavy atom. The molecular weight excluding hydrogens is 350 g/mol. The maximum absolute atomic E-state index is 11.7. The van der Waals surface area contributed by atoms with Gasteiger partial charge in [0.2, 0.25) is 0 Å². The summed E-state index contributed by atoms with van der Waals surface area (Å²) in [7, 11) is 0. The van der Waals surface area contributed by atoms with E-state index in [2.05, 4.69) is 20.6 Å². The van der Waals surface area contributed by atoms with E-state index < -0.39 is 12.0 Å². The smallest absolute Gasteiger partial charge is 0.409 e. The fourth-order valence-corrected chi connectivity index (χ4v) is 2.72. The third-order valence-electron chi connectivity index (χ3n) is 3.88. The van der Waals surface area contributed by atoms with Crippen molar-refractivity contribution >= 4 is 34.4 Å². The van der Waals surface area contributed by atoms with Gasteiger partial charge in [0.15, 0.2) is 0 Å². The van der Waals surface area contributed by atoms with Gasteiger partial charge in [-0.3, -0.25) is 10.1 Å². The molecule has 0 aliphatic heterocycles. The molecule has 0 radical (unpaired) electrons. The zero-order valence-electron chi connectivity index (χ0n) is 14.1. The number of aliphatic hydroxyl groups is 1. The van der Waals surface area contributed by atoms with Crippen LogP contribution in [0.4, 0.5) is 16.3 Å². The zero-order valence-corrected chi connectivity index (χ0v) is 14.1. The molecule has 0 unspecified atom stereocenters. The predicted octanol–water partition coefficient (Wildman–Crippen LogP) is 1.92.